The van der Waals surface area contributed by atoms with Gasteiger partial charge in [0.1, 0.15) is 17.1 Å². The van der Waals surface area contributed by atoms with Gasteiger partial charge in [0, 0.05) is 35.0 Å². The minimum absolute atomic E-state index is 0. The standard InChI is InChI=1S/C12H12N4O3S2.ClH/c13-8-10(17)16-9(12(18)19)7(5-21-11(8)16)20-4-6-3-14-1-2-15-6;/h1-3,8,11H,4-5,13H2,(H,18,19);1H/t8-,11+;/m1./s1. The number of carbonyl (C=O) groups is 2. The quantitative estimate of drug-likeness (QED) is 0.754. The van der Waals surface area contributed by atoms with Crippen molar-refractivity contribution < 1.29 is 14.7 Å². The molecule has 0 bridgehead atoms. The molecule has 0 saturated carbocycles. The third-order valence-corrected chi connectivity index (χ3v) is 5.80. The molecule has 7 nitrogen and oxygen atoms in total. The molecule has 1 aromatic rings. The number of nitrogens with two attached hydrogens (primary N) is 1. The number of carboxylic acid groups (broad SMARTS) is 1. The Balaban J connectivity index is 0.00000176. The molecule has 1 aromatic heterocycles. The van der Waals surface area contributed by atoms with Gasteiger partial charge in [-0.1, -0.05) is 0 Å². The molecule has 22 heavy (non-hydrogen) atoms. The maximum atomic E-state index is 11.8. The van der Waals surface area contributed by atoms with Crippen LogP contribution in [0.4, 0.5) is 0 Å². The monoisotopic (exact) mass is 360 g/mol. The number of hydrogen-bond acceptors (Lipinski definition) is 7. The molecule has 3 N–H and O–H groups in total. The second-order valence-electron chi connectivity index (χ2n) is 4.50. The van der Waals surface area contributed by atoms with Crippen molar-refractivity contribution in [1.29, 1.82) is 0 Å². The number of carbonyl (C=O) groups excluding carboxylic acids is 1. The Labute approximate surface area is 141 Å². The molecular weight excluding hydrogens is 348 g/mol. The number of fused-ring (bicyclic) bond motifs is 1. The number of rotatable bonds is 4. The van der Waals surface area contributed by atoms with E-state index in [9.17, 15) is 14.7 Å². The molecule has 1 saturated heterocycles. The van der Waals surface area contributed by atoms with Crippen LogP contribution in [0.5, 0.6) is 0 Å². The normalized spacial score (nSPS) is 23.5. The van der Waals surface area contributed by atoms with E-state index in [1.54, 1.807) is 18.6 Å². The highest BCUT2D eigenvalue weighted by Crippen LogP contribution is 2.43. The summed E-state index contributed by atoms with van der Waals surface area (Å²) in [5, 5.41) is 9.13. The zero-order valence-electron chi connectivity index (χ0n) is 11.2. The number of aromatic nitrogens is 2. The Kier molecular flexibility index (Phi) is 5.32. The van der Waals surface area contributed by atoms with Gasteiger partial charge in [-0.25, -0.2) is 4.79 Å². The molecule has 0 aliphatic carbocycles. The molecule has 0 aromatic carbocycles. The van der Waals surface area contributed by atoms with Crippen LogP contribution in [-0.4, -0.2) is 49.0 Å². The fourth-order valence-corrected chi connectivity index (χ4v) is 4.64. The first-order valence-electron chi connectivity index (χ1n) is 6.14. The van der Waals surface area contributed by atoms with Crippen LogP contribution in [0, 0.1) is 0 Å². The Morgan fingerprint density at radius 1 is 1.55 bits per heavy atom. The van der Waals surface area contributed by atoms with Gasteiger partial charge in [0.2, 0.25) is 5.91 Å². The summed E-state index contributed by atoms with van der Waals surface area (Å²) in [7, 11) is 0. The van der Waals surface area contributed by atoms with E-state index in [2.05, 4.69) is 9.97 Å². The zero-order chi connectivity index (χ0) is 15.0. The summed E-state index contributed by atoms with van der Waals surface area (Å²) < 4.78 is 0. The van der Waals surface area contributed by atoms with Crippen LogP contribution in [0.1, 0.15) is 5.69 Å². The number of amides is 1. The summed E-state index contributed by atoms with van der Waals surface area (Å²) in [5.74, 6) is -0.377. The van der Waals surface area contributed by atoms with Crippen LogP contribution >= 0.6 is 35.9 Å². The number of thioether (sulfide) groups is 2. The molecule has 118 valence electrons. The average molecular weight is 361 g/mol. The molecule has 10 heteroatoms. The lowest BCUT2D eigenvalue weighted by molar-refractivity contribution is -0.147. The predicted octanol–water partition coefficient (Wildman–Crippen LogP) is 0.670. The van der Waals surface area contributed by atoms with Gasteiger partial charge < -0.3 is 10.8 Å². The van der Waals surface area contributed by atoms with Crippen molar-refractivity contribution in [3.05, 3.63) is 34.9 Å². The highest BCUT2D eigenvalue weighted by Gasteiger charge is 2.51. The van der Waals surface area contributed by atoms with Gasteiger partial charge in [-0.05, 0) is 0 Å². The number of hydrogen-bond donors (Lipinski definition) is 2. The van der Waals surface area contributed by atoms with Crippen molar-refractivity contribution in [3.63, 3.8) is 0 Å². The van der Waals surface area contributed by atoms with E-state index in [1.807, 2.05) is 0 Å². The maximum absolute atomic E-state index is 11.8. The lowest BCUT2D eigenvalue weighted by Gasteiger charge is -2.47. The molecule has 2 atom stereocenters. The van der Waals surface area contributed by atoms with E-state index in [1.165, 1.54) is 28.4 Å². The van der Waals surface area contributed by atoms with Crippen LogP contribution in [0.15, 0.2) is 29.2 Å². The molecule has 3 heterocycles. The first-order chi connectivity index (χ1) is 10.1. The fourth-order valence-electron chi connectivity index (χ4n) is 2.16. The molecule has 2 aliphatic heterocycles. The van der Waals surface area contributed by atoms with E-state index >= 15 is 0 Å². The second kappa shape index (κ2) is 6.86. The van der Waals surface area contributed by atoms with E-state index in [0.717, 1.165) is 5.69 Å². The number of halogens is 1. The first-order valence-corrected chi connectivity index (χ1v) is 8.17. The van der Waals surface area contributed by atoms with Gasteiger partial charge in [-0.15, -0.1) is 35.9 Å². The van der Waals surface area contributed by atoms with Crippen molar-refractivity contribution in [3.8, 4) is 0 Å². The average Bonchev–Trinajstić information content (AvgIpc) is 2.52. The van der Waals surface area contributed by atoms with Crippen LogP contribution in [0.3, 0.4) is 0 Å². The lowest BCUT2D eigenvalue weighted by atomic mass is 10.1. The summed E-state index contributed by atoms with van der Waals surface area (Å²) in [4.78, 5) is 33.3. The number of carboxylic acids is 1. The minimum atomic E-state index is -1.10. The topological polar surface area (TPSA) is 109 Å². The summed E-state index contributed by atoms with van der Waals surface area (Å²) in [6, 6.07) is -0.601. The first kappa shape index (κ1) is 17.1. The number of β-lactam (4-membered cyclic amide) rings is 1. The number of nitrogens with zero attached hydrogens (tertiary/aromatic N) is 3. The molecule has 2 aliphatic rings. The smallest absolute Gasteiger partial charge is 0.353 e. The lowest BCUT2D eigenvalue weighted by Crippen LogP contribution is -2.68. The van der Waals surface area contributed by atoms with Gasteiger partial charge in [0.05, 0.1) is 5.69 Å². The highest BCUT2D eigenvalue weighted by molar-refractivity contribution is 8.05. The van der Waals surface area contributed by atoms with Gasteiger partial charge >= 0.3 is 5.97 Å². The molecule has 1 amide bonds. The van der Waals surface area contributed by atoms with Crippen LogP contribution < -0.4 is 5.73 Å². The number of aliphatic carboxylic acids is 1. The summed E-state index contributed by atoms with van der Waals surface area (Å²) >= 11 is 2.86. The second-order valence-corrected chi connectivity index (χ2v) is 6.67. The van der Waals surface area contributed by atoms with Gasteiger partial charge in [0.15, 0.2) is 0 Å². The minimum Gasteiger partial charge on any atom is -0.477 e. The Morgan fingerprint density at radius 2 is 2.32 bits per heavy atom. The van der Waals surface area contributed by atoms with Gasteiger partial charge in [-0.2, -0.15) is 0 Å². The van der Waals surface area contributed by atoms with E-state index in [0.29, 0.717) is 16.4 Å². The maximum Gasteiger partial charge on any atom is 0.353 e. The van der Waals surface area contributed by atoms with E-state index < -0.39 is 12.0 Å². The Morgan fingerprint density at radius 3 is 2.95 bits per heavy atom. The van der Waals surface area contributed by atoms with Crippen molar-refractivity contribution >= 4 is 47.8 Å². The predicted molar refractivity (Wildman–Crippen MR) is 86.3 cm³/mol. The van der Waals surface area contributed by atoms with Crippen molar-refractivity contribution in [2.24, 2.45) is 5.73 Å². The Hall–Kier alpha value is -1.29. The summed E-state index contributed by atoms with van der Waals surface area (Å²) in [5.41, 5.74) is 6.51. The Bertz CT molecular complexity index is 628. The highest BCUT2D eigenvalue weighted by atomic mass is 35.5. The largest absolute Gasteiger partial charge is 0.477 e. The van der Waals surface area contributed by atoms with Crippen LogP contribution in [0.2, 0.25) is 0 Å². The molecule has 3 rings (SSSR count). The molecule has 0 radical (unpaired) electrons. The third kappa shape index (κ3) is 2.94. The van der Waals surface area contributed by atoms with Crippen LogP contribution in [0.25, 0.3) is 0 Å². The van der Waals surface area contributed by atoms with Crippen molar-refractivity contribution in [2.45, 2.75) is 17.2 Å². The third-order valence-electron chi connectivity index (χ3n) is 3.19. The summed E-state index contributed by atoms with van der Waals surface area (Å²) in [6.07, 6.45) is 4.81. The fraction of sp³-hybridized carbons (Fsp3) is 0.333. The molecule has 1 fully saturated rings. The molecular formula is C12H13ClN4O3S2. The van der Waals surface area contributed by atoms with Crippen LogP contribution in [-0.2, 0) is 15.3 Å². The van der Waals surface area contributed by atoms with Crippen molar-refractivity contribution in [2.75, 3.05) is 5.75 Å². The zero-order valence-corrected chi connectivity index (χ0v) is 13.7. The molecule has 0 unspecified atom stereocenters. The summed E-state index contributed by atoms with van der Waals surface area (Å²) in [6.45, 7) is 0. The SMILES string of the molecule is Cl.N[C@@H]1C(=O)N2C(C(=O)O)=C(SCc3cnccn3)CS[C@@H]12. The van der Waals surface area contributed by atoms with Crippen molar-refractivity contribution in [1.82, 2.24) is 14.9 Å². The van der Waals surface area contributed by atoms with Gasteiger partial charge in [-0.3, -0.25) is 19.7 Å². The molecule has 0 spiro atoms. The van der Waals surface area contributed by atoms with E-state index in [-0.39, 0.29) is 29.4 Å². The van der Waals surface area contributed by atoms with E-state index in [4.69, 9.17) is 5.73 Å². The van der Waals surface area contributed by atoms with Gasteiger partial charge in [0.25, 0.3) is 0 Å².